The molecule has 27 heavy (non-hydrogen) atoms. The molecule has 0 N–H and O–H groups in total. The van der Waals surface area contributed by atoms with Crippen LogP contribution in [-0.4, -0.2) is 9.52 Å². The molecule has 0 spiro atoms. The Morgan fingerprint density at radius 3 is 1.67 bits per heavy atom. The molecule has 0 unspecified atom stereocenters. The lowest BCUT2D eigenvalue weighted by Gasteiger charge is -2.41. The quantitative estimate of drug-likeness (QED) is 0.296. The van der Waals surface area contributed by atoms with Crippen molar-refractivity contribution in [3.63, 3.8) is 0 Å². The van der Waals surface area contributed by atoms with Gasteiger partial charge in [-0.25, -0.2) is 0 Å². The molecule has 3 fully saturated rings. The van der Waals surface area contributed by atoms with Gasteiger partial charge in [0.15, 0.2) is 0 Å². The van der Waals surface area contributed by atoms with Gasteiger partial charge in [-0.15, -0.1) is 6.58 Å². The van der Waals surface area contributed by atoms with E-state index in [2.05, 4.69) is 31.7 Å². The van der Waals surface area contributed by atoms with E-state index in [4.69, 9.17) is 0 Å². The minimum atomic E-state index is 0.159. The average Bonchev–Trinajstić information content (AvgIpc) is 2.73. The maximum absolute atomic E-state index is 3.93. The van der Waals surface area contributed by atoms with Crippen LogP contribution in [0, 0.1) is 29.6 Å². The van der Waals surface area contributed by atoms with Gasteiger partial charge in [0.2, 0.25) is 0 Å². The van der Waals surface area contributed by atoms with E-state index in [1.54, 1.807) is 64.2 Å². The van der Waals surface area contributed by atoms with Gasteiger partial charge in [0, 0.05) is 9.52 Å². The lowest BCUT2D eigenvalue weighted by Crippen LogP contribution is -2.29. The predicted molar refractivity (Wildman–Crippen MR) is 124 cm³/mol. The Morgan fingerprint density at radius 2 is 1.19 bits per heavy atom. The van der Waals surface area contributed by atoms with Crippen LogP contribution in [0.2, 0.25) is 11.6 Å². The van der Waals surface area contributed by atoms with E-state index in [0.717, 1.165) is 35.1 Å². The van der Waals surface area contributed by atoms with Gasteiger partial charge in [-0.3, -0.25) is 0 Å². The van der Waals surface area contributed by atoms with Gasteiger partial charge in [0.1, 0.15) is 0 Å². The molecule has 0 aliphatic heterocycles. The molecule has 3 saturated carbocycles. The molecule has 0 saturated heterocycles. The maximum Gasteiger partial charge on any atom is 0.0272 e. The normalized spacial score (nSPS) is 38.6. The van der Waals surface area contributed by atoms with Gasteiger partial charge in [0.25, 0.3) is 0 Å². The topological polar surface area (TPSA) is 0 Å². The minimum absolute atomic E-state index is 0.159. The molecule has 154 valence electrons. The highest BCUT2D eigenvalue weighted by Crippen LogP contribution is 2.46. The highest BCUT2D eigenvalue weighted by molar-refractivity contribution is 6.38. The molecule has 0 nitrogen and oxygen atoms in total. The first-order valence-corrected chi connectivity index (χ1v) is 14.4. The van der Waals surface area contributed by atoms with Crippen molar-refractivity contribution in [2.24, 2.45) is 29.6 Å². The lowest BCUT2D eigenvalue weighted by molar-refractivity contribution is 0.113. The van der Waals surface area contributed by atoms with E-state index >= 15 is 0 Å². The summed E-state index contributed by atoms with van der Waals surface area (Å²) in [6, 6.07) is 1.37. The molecule has 3 aliphatic rings. The van der Waals surface area contributed by atoms with E-state index in [1.165, 1.54) is 31.7 Å². The van der Waals surface area contributed by atoms with Gasteiger partial charge >= 0.3 is 0 Å². The fourth-order valence-electron chi connectivity index (χ4n) is 6.74. The summed E-state index contributed by atoms with van der Waals surface area (Å²) < 4.78 is 0. The second-order valence-electron chi connectivity index (χ2n) is 10.2. The molecular formula is C26H46Si. The summed E-state index contributed by atoms with van der Waals surface area (Å²) in [5.41, 5.74) is 1.15. The molecule has 0 aromatic heterocycles. The smallest absolute Gasteiger partial charge is 0.0272 e. The van der Waals surface area contributed by atoms with Crippen LogP contribution in [0.1, 0.15) is 96.8 Å². The first kappa shape index (κ1) is 21.4. The molecule has 0 atom stereocenters. The molecular weight excluding hydrogens is 340 g/mol. The van der Waals surface area contributed by atoms with E-state index in [0.29, 0.717) is 0 Å². The molecule has 3 aliphatic carbocycles. The minimum Gasteiger partial charge on any atom is -0.103 e. The standard InChI is InChI=1S/C26H46Si/c1-3-5-6-7-21-8-10-22(11-9-21)23-12-14-24(15-13-23)25-16-18-26(19-17-25)27-20-4-2/h4-6,21-26H,2-3,7-20,27H2,1H3/b6-5+. The van der Waals surface area contributed by atoms with Crippen molar-refractivity contribution in [2.45, 2.75) is 108 Å². The first-order chi connectivity index (χ1) is 13.3. The Morgan fingerprint density at radius 1 is 0.704 bits per heavy atom. The summed E-state index contributed by atoms with van der Waals surface area (Å²) in [6.45, 7) is 6.18. The van der Waals surface area contributed by atoms with Crippen molar-refractivity contribution < 1.29 is 0 Å². The fourth-order valence-corrected chi connectivity index (χ4v) is 8.50. The number of rotatable bonds is 8. The second kappa shape index (κ2) is 11.6. The molecule has 0 aromatic carbocycles. The van der Waals surface area contributed by atoms with E-state index < -0.39 is 0 Å². The summed E-state index contributed by atoms with van der Waals surface area (Å²) in [5, 5.41) is 0. The van der Waals surface area contributed by atoms with E-state index in [-0.39, 0.29) is 9.52 Å². The van der Waals surface area contributed by atoms with Gasteiger partial charge in [-0.1, -0.05) is 56.4 Å². The van der Waals surface area contributed by atoms with Crippen LogP contribution in [0.4, 0.5) is 0 Å². The number of hydrogen-bond donors (Lipinski definition) is 0. The summed E-state index contributed by atoms with van der Waals surface area (Å²) >= 11 is 0. The third kappa shape index (κ3) is 6.62. The lowest BCUT2D eigenvalue weighted by atomic mass is 9.65. The van der Waals surface area contributed by atoms with Crippen LogP contribution in [-0.2, 0) is 0 Å². The predicted octanol–water partition coefficient (Wildman–Crippen LogP) is 7.71. The molecule has 0 amide bonds. The third-order valence-electron chi connectivity index (χ3n) is 8.58. The molecule has 1 heteroatoms. The van der Waals surface area contributed by atoms with Gasteiger partial charge in [-0.05, 0) is 99.8 Å². The van der Waals surface area contributed by atoms with Crippen molar-refractivity contribution in [1.29, 1.82) is 0 Å². The van der Waals surface area contributed by atoms with Gasteiger partial charge in [-0.2, -0.15) is 0 Å². The summed E-state index contributed by atoms with van der Waals surface area (Å²) in [7, 11) is 0.159. The summed E-state index contributed by atoms with van der Waals surface area (Å²) in [5.74, 6) is 5.36. The largest absolute Gasteiger partial charge is 0.103 e. The number of hydrogen-bond acceptors (Lipinski definition) is 0. The van der Waals surface area contributed by atoms with Crippen LogP contribution < -0.4 is 0 Å². The van der Waals surface area contributed by atoms with Crippen molar-refractivity contribution >= 4 is 9.52 Å². The van der Waals surface area contributed by atoms with Crippen molar-refractivity contribution in [3.05, 3.63) is 24.8 Å². The zero-order chi connectivity index (χ0) is 18.9. The highest BCUT2D eigenvalue weighted by Gasteiger charge is 2.34. The average molecular weight is 387 g/mol. The fraction of sp³-hybridized carbons (Fsp3) is 0.846. The molecule has 0 aromatic rings. The van der Waals surface area contributed by atoms with Crippen LogP contribution >= 0.6 is 0 Å². The Bertz CT molecular complexity index is 429. The van der Waals surface area contributed by atoms with Crippen LogP contribution in [0.3, 0.4) is 0 Å². The SMILES string of the molecule is C=CC[SiH2]C1CCC(C2CCC(C3CCC(C/C=C/CC)CC3)CC2)CC1. The summed E-state index contributed by atoms with van der Waals surface area (Å²) in [6.07, 6.45) is 28.2. The van der Waals surface area contributed by atoms with E-state index in [1.807, 2.05) is 0 Å². The highest BCUT2D eigenvalue weighted by atomic mass is 28.2. The molecule has 0 heterocycles. The van der Waals surface area contributed by atoms with Crippen molar-refractivity contribution in [1.82, 2.24) is 0 Å². The Balaban J connectivity index is 1.33. The van der Waals surface area contributed by atoms with Crippen molar-refractivity contribution in [2.75, 3.05) is 0 Å². The van der Waals surface area contributed by atoms with E-state index in [9.17, 15) is 0 Å². The maximum atomic E-state index is 3.93. The van der Waals surface area contributed by atoms with Gasteiger partial charge in [0.05, 0.1) is 0 Å². The van der Waals surface area contributed by atoms with Crippen LogP contribution in [0.25, 0.3) is 0 Å². The van der Waals surface area contributed by atoms with Crippen LogP contribution in [0.15, 0.2) is 24.8 Å². The molecule has 0 radical (unpaired) electrons. The Hall–Kier alpha value is -0.303. The monoisotopic (exact) mass is 386 g/mol. The van der Waals surface area contributed by atoms with Crippen molar-refractivity contribution in [3.8, 4) is 0 Å². The number of allylic oxidation sites excluding steroid dienone is 3. The van der Waals surface area contributed by atoms with Crippen LogP contribution in [0.5, 0.6) is 0 Å². The molecule has 0 bridgehead atoms. The third-order valence-corrected chi connectivity index (χ3v) is 11.0. The first-order valence-electron chi connectivity index (χ1n) is 12.6. The Labute approximate surface area is 172 Å². The summed E-state index contributed by atoms with van der Waals surface area (Å²) in [4.78, 5) is 0. The molecule has 3 rings (SSSR count). The second-order valence-corrected chi connectivity index (χ2v) is 12.5. The van der Waals surface area contributed by atoms with Gasteiger partial charge < -0.3 is 0 Å². The Kier molecular flexibility index (Phi) is 9.23. The zero-order valence-corrected chi connectivity index (χ0v) is 19.6. The zero-order valence-electron chi connectivity index (χ0n) is 18.2.